The van der Waals surface area contributed by atoms with Gasteiger partial charge in [-0.15, -0.1) is 10.2 Å². The molecular weight excluding hydrogens is 438 g/mol. The van der Waals surface area contributed by atoms with E-state index in [-0.39, 0.29) is 11.7 Å². The number of benzene rings is 1. The lowest BCUT2D eigenvalue weighted by molar-refractivity contribution is -0.113. The molecule has 0 bridgehead atoms. The van der Waals surface area contributed by atoms with E-state index < -0.39 is 0 Å². The molecule has 0 unspecified atom stereocenters. The van der Waals surface area contributed by atoms with Crippen LogP contribution >= 0.6 is 11.8 Å². The smallest absolute Gasteiger partial charge is 0.277 e. The Morgan fingerprint density at radius 2 is 2.06 bits per heavy atom. The van der Waals surface area contributed by atoms with Crippen LogP contribution < -0.4 is 10.1 Å². The van der Waals surface area contributed by atoms with Crippen LogP contribution in [0.25, 0.3) is 11.5 Å². The summed E-state index contributed by atoms with van der Waals surface area (Å²) in [6, 6.07) is 10.0. The van der Waals surface area contributed by atoms with Gasteiger partial charge in [0.2, 0.25) is 5.91 Å². The van der Waals surface area contributed by atoms with Crippen LogP contribution in [0.5, 0.6) is 5.75 Å². The maximum Gasteiger partial charge on any atom is 0.277 e. The third kappa shape index (κ3) is 4.76. The first-order chi connectivity index (χ1) is 16.0. The molecule has 1 aromatic carbocycles. The highest BCUT2D eigenvalue weighted by molar-refractivity contribution is 7.99. The highest BCUT2D eigenvalue weighted by Crippen LogP contribution is 2.38. The molecule has 1 saturated carbocycles. The van der Waals surface area contributed by atoms with E-state index in [9.17, 15) is 10.1 Å². The van der Waals surface area contributed by atoms with Crippen molar-refractivity contribution < 1.29 is 13.9 Å². The minimum atomic E-state index is -0.220. The average molecular weight is 466 g/mol. The van der Waals surface area contributed by atoms with Gasteiger partial charge in [-0.3, -0.25) is 4.79 Å². The largest absolute Gasteiger partial charge is 0.493 e. The van der Waals surface area contributed by atoms with Gasteiger partial charge in [-0.25, -0.2) is 0 Å². The number of rotatable bonds is 8. The van der Waals surface area contributed by atoms with Crippen molar-refractivity contribution in [3.8, 4) is 23.3 Å². The molecule has 1 N–H and O–H groups in total. The van der Waals surface area contributed by atoms with Crippen LogP contribution in [0.15, 0.2) is 33.9 Å². The first kappa shape index (κ1) is 22.9. The molecule has 1 amide bonds. The summed E-state index contributed by atoms with van der Waals surface area (Å²) in [6.07, 6.45) is 4.45. The molecule has 2 aromatic heterocycles. The molecule has 0 atom stereocenters. The molecule has 0 spiro atoms. The predicted octanol–water partition coefficient (Wildman–Crippen LogP) is 5.27. The van der Waals surface area contributed by atoms with E-state index in [1.165, 1.54) is 12.8 Å². The molecule has 9 heteroatoms. The number of hydrogen-bond donors (Lipinski definition) is 1. The third-order valence-electron chi connectivity index (χ3n) is 5.97. The van der Waals surface area contributed by atoms with E-state index in [0.29, 0.717) is 46.5 Å². The third-order valence-corrected chi connectivity index (χ3v) is 6.79. The SMILES string of the molecule is CCOc1ccccc1-c1nnc(SCC(=O)Nc2c(C#N)c(C)c(C)n2C2CCCC2)o1. The van der Waals surface area contributed by atoms with Crippen molar-refractivity contribution in [1.82, 2.24) is 14.8 Å². The summed E-state index contributed by atoms with van der Waals surface area (Å²) in [5.74, 6) is 1.48. The number of anilines is 1. The molecular formula is C24H27N5O3S. The fourth-order valence-corrected chi connectivity index (χ4v) is 4.87. The number of carbonyl (C=O) groups is 1. The van der Waals surface area contributed by atoms with E-state index in [1.54, 1.807) is 0 Å². The first-order valence-electron chi connectivity index (χ1n) is 11.1. The van der Waals surface area contributed by atoms with Crippen molar-refractivity contribution in [1.29, 1.82) is 5.26 Å². The Balaban J connectivity index is 1.46. The summed E-state index contributed by atoms with van der Waals surface area (Å²) >= 11 is 1.16. The Bertz CT molecular complexity index is 1190. The van der Waals surface area contributed by atoms with Crippen molar-refractivity contribution in [2.45, 2.75) is 57.7 Å². The summed E-state index contributed by atoms with van der Waals surface area (Å²) < 4.78 is 13.5. The zero-order valence-corrected chi connectivity index (χ0v) is 19.9. The normalized spacial score (nSPS) is 13.8. The summed E-state index contributed by atoms with van der Waals surface area (Å²) in [5.41, 5.74) is 3.20. The highest BCUT2D eigenvalue weighted by Gasteiger charge is 2.27. The van der Waals surface area contributed by atoms with Crippen LogP contribution in [-0.2, 0) is 4.79 Å². The molecule has 1 fully saturated rings. The van der Waals surface area contributed by atoms with Gasteiger partial charge in [-0.1, -0.05) is 36.7 Å². The van der Waals surface area contributed by atoms with Crippen LogP contribution in [0.3, 0.4) is 0 Å². The minimum absolute atomic E-state index is 0.0908. The van der Waals surface area contributed by atoms with Gasteiger partial charge in [0.25, 0.3) is 11.1 Å². The molecule has 172 valence electrons. The van der Waals surface area contributed by atoms with E-state index >= 15 is 0 Å². The Morgan fingerprint density at radius 3 is 2.79 bits per heavy atom. The van der Waals surface area contributed by atoms with Crippen molar-refractivity contribution in [2.24, 2.45) is 0 Å². The fourth-order valence-electron chi connectivity index (χ4n) is 4.30. The first-order valence-corrected chi connectivity index (χ1v) is 12.1. The zero-order chi connectivity index (χ0) is 23.4. The number of thioether (sulfide) groups is 1. The topological polar surface area (TPSA) is 106 Å². The van der Waals surface area contributed by atoms with Gasteiger partial charge in [0.1, 0.15) is 17.6 Å². The average Bonchev–Trinajstić information content (AvgIpc) is 3.55. The number of amides is 1. The van der Waals surface area contributed by atoms with Crippen LogP contribution in [-0.4, -0.2) is 33.0 Å². The number of hydrogen-bond acceptors (Lipinski definition) is 7. The Hall–Kier alpha value is -3.25. The Labute approximate surface area is 197 Å². The molecule has 33 heavy (non-hydrogen) atoms. The molecule has 0 saturated heterocycles. The summed E-state index contributed by atoms with van der Waals surface area (Å²) in [4.78, 5) is 12.8. The maximum atomic E-state index is 12.8. The number of nitrogens with zero attached hydrogens (tertiary/aromatic N) is 4. The van der Waals surface area contributed by atoms with Crippen LogP contribution in [0.4, 0.5) is 5.82 Å². The van der Waals surface area contributed by atoms with Crippen molar-refractivity contribution >= 4 is 23.5 Å². The van der Waals surface area contributed by atoms with E-state index in [1.807, 2.05) is 45.0 Å². The standard InChI is InChI=1S/C24H27N5O3S/c1-4-31-20-12-8-7-11-18(20)23-27-28-24(32-23)33-14-21(30)26-22-19(13-25)15(2)16(3)29(22)17-9-5-6-10-17/h7-8,11-12,17H,4-6,9-10,14H2,1-3H3,(H,26,30). The molecule has 0 radical (unpaired) electrons. The lowest BCUT2D eigenvalue weighted by Gasteiger charge is -2.19. The molecule has 2 heterocycles. The second kappa shape index (κ2) is 10.1. The number of aromatic nitrogens is 3. The summed E-state index contributed by atoms with van der Waals surface area (Å²) in [7, 11) is 0. The van der Waals surface area contributed by atoms with Gasteiger partial charge in [0.05, 0.1) is 23.5 Å². The van der Waals surface area contributed by atoms with Gasteiger partial charge < -0.3 is 19.0 Å². The highest BCUT2D eigenvalue weighted by atomic mass is 32.2. The monoisotopic (exact) mass is 465 g/mol. The van der Waals surface area contributed by atoms with Gasteiger partial charge in [0.15, 0.2) is 0 Å². The van der Waals surface area contributed by atoms with Crippen LogP contribution in [0, 0.1) is 25.2 Å². The van der Waals surface area contributed by atoms with E-state index in [2.05, 4.69) is 26.2 Å². The van der Waals surface area contributed by atoms with E-state index in [0.717, 1.165) is 35.9 Å². The second-order valence-electron chi connectivity index (χ2n) is 7.99. The number of para-hydroxylation sites is 1. The molecule has 1 aliphatic carbocycles. The van der Waals surface area contributed by atoms with Crippen LogP contribution in [0.1, 0.15) is 55.5 Å². The molecule has 1 aliphatic rings. The maximum absolute atomic E-state index is 12.8. The summed E-state index contributed by atoms with van der Waals surface area (Å²) in [6.45, 7) is 6.39. The van der Waals surface area contributed by atoms with Gasteiger partial charge in [-0.2, -0.15) is 5.26 Å². The van der Waals surface area contributed by atoms with Gasteiger partial charge in [-0.05, 0) is 51.3 Å². The van der Waals surface area contributed by atoms with Gasteiger partial charge >= 0.3 is 0 Å². The van der Waals surface area contributed by atoms with Crippen molar-refractivity contribution in [2.75, 3.05) is 17.7 Å². The van der Waals surface area contributed by atoms with Crippen LogP contribution in [0.2, 0.25) is 0 Å². The molecule has 3 aromatic rings. The Morgan fingerprint density at radius 1 is 1.30 bits per heavy atom. The number of carbonyl (C=O) groups excluding carboxylic acids is 1. The van der Waals surface area contributed by atoms with Gasteiger partial charge in [0, 0.05) is 11.7 Å². The van der Waals surface area contributed by atoms with Crippen molar-refractivity contribution in [3.05, 3.63) is 41.1 Å². The van der Waals surface area contributed by atoms with E-state index in [4.69, 9.17) is 9.15 Å². The summed E-state index contributed by atoms with van der Waals surface area (Å²) in [5, 5.41) is 21.1. The lowest BCUT2D eigenvalue weighted by Crippen LogP contribution is -2.19. The predicted molar refractivity (Wildman–Crippen MR) is 126 cm³/mol. The number of ether oxygens (including phenoxy) is 1. The zero-order valence-electron chi connectivity index (χ0n) is 19.1. The molecule has 4 rings (SSSR count). The fraction of sp³-hybridized carbons (Fsp3) is 0.417. The number of nitriles is 1. The molecule has 8 nitrogen and oxygen atoms in total. The molecule has 0 aliphatic heterocycles. The number of nitrogens with one attached hydrogen (secondary N) is 1. The quantitative estimate of drug-likeness (QED) is 0.452. The Kier molecular flexibility index (Phi) is 7.04. The second-order valence-corrected chi connectivity index (χ2v) is 8.92. The van der Waals surface area contributed by atoms with Crippen molar-refractivity contribution in [3.63, 3.8) is 0 Å². The minimum Gasteiger partial charge on any atom is -0.493 e. The lowest BCUT2D eigenvalue weighted by atomic mass is 10.2.